The van der Waals surface area contributed by atoms with E-state index in [2.05, 4.69) is 158 Å². The van der Waals surface area contributed by atoms with Crippen LogP contribution in [-0.2, 0) is 58.6 Å². The van der Waals surface area contributed by atoms with Crippen LogP contribution in [-0.4, -0.2) is 41.9 Å². The molecule has 0 radical (unpaired) electrons. The number of benzene rings is 6. The summed E-state index contributed by atoms with van der Waals surface area (Å²) < 4.78 is 23.3. The SMILES string of the molecule is C.C1=C(P2PC3Cc4ccccc4C3P2C2=Cc3ccccc3C2)Cc2ccccc21.CCOP(=O)(OCC)C1=Cc2ccccc2C1.PC1=Cc2ccccc2C1.PC1Cc2ccccc2C1.[AlH3].[H-].[Li+]. The quantitative estimate of drug-likeness (QED) is 0.118. The van der Waals surface area contributed by atoms with E-state index in [0.717, 1.165) is 42.5 Å². The minimum atomic E-state index is -3.09. The molecule has 0 bridgehead atoms. The van der Waals surface area contributed by atoms with Crippen LogP contribution in [0.1, 0.15) is 95.1 Å². The first kappa shape index (κ1) is 55.5. The summed E-state index contributed by atoms with van der Waals surface area (Å²) in [6.45, 7) is 4.44. The van der Waals surface area contributed by atoms with Crippen molar-refractivity contribution >= 4 is 90.9 Å². The molecular formula is C59H68AlLiO3P6. The molecule has 1 heterocycles. The van der Waals surface area contributed by atoms with Gasteiger partial charge in [0, 0.05) is 17.4 Å². The minimum Gasteiger partial charge on any atom is -1.00 e. The maximum Gasteiger partial charge on any atom is 1.00 e. The summed E-state index contributed by atoms with van der Waals surface area (Å²) in [4.78, 5) is 0. The van der Waals surface area contributed by atoms with Crippen molar-refractivity contribution in [3.63, 3.8) is 0 Å². The van der Waals surface area contributed by atoms with Gasteiger partial charge in [0.15, 0.2) is 17.4 Å². The average Bonchev–Trinajstić information content (AvgIpc) is 4.21. The molecule has 13 rings (SSSR count). The molecule has 356 valence electrons. The average molecular weight is 1040 g/mol. The van der Waals surface area contributed by atoms with E-state index in [1.54, 1.807) is 44.0 Å². The zero-order chi connectivity index (χ0) is 45.9. The van der Waals surface area contributed by atoms with Crippen LogP contribution in [0, 0.1) is 0 Å². The van der Waals surface area contributed by atoms with E-state index in [-0.39, 0.29) is 60.0 Å². The Morgan fingerprint density at radius 3 is 1.51 bits per heavy atom. The molecule has 6 aromatic rings. The smallest absolute Gasteiger partial charge is 1.00 e. The summed E-state index contributed by atoms with van der Waals surface area (Å²) in [6, 6.07) is 52.8. The fourth-order valence-corrected chi connectivity index (χ4v) is 30.8. The van der Waals surface area contributed by atoms with Gasteiger partial charge in [0.1, 0.15) is 0 Å². The van der Waals surface area contributed by atoms with Gasteiger partial charge in [-0.15, -0.1) is 18.5 Å². The summed E-state index contributed by atoms with van der Waals surface area (Å²) >= 11 is 0. The van der Waals surface area contributed by atoms with Crippen LogP contribution in [0.15, 0.2) is 167 Å². The Morgan fingerprint density at radius 2 is 1.00 bits per heavy atom. The Hall–Kier alpha value is -2.29. The van der Waals surface area contributed by atoms with E-state index in [9.17, 15) is 4.57 Å². The van der Waals surface area contributed by atoms with Gasteiger partial charge in [-0.1, -0.05) is 173 Å². The van der Waals surface area contributed by atoms with Gasteiger partial charge in [0.2, 0.25) is 0 Å². The van der Waals surface area contributed by atoms with E-state index >= 15 is 0 Å². The molecule has 6 aliphatic carbocycles. The van der Waals surface area contributed by atoms with Crippen molar-refractivity contribution in [1.29, 1.82) is 0 Å². The van der Waals surface area contributed by atoms with Crippen molar-refractivity contribution in [3.05, 3.63) is 234 Å². The first-order valence-corrected chi connectivity index (χ1v) is 32.0. The predicted octanol–water partition coefficient (Wildman–Crippen LogP) is 13.2. The van der Waals surface area contributed by atoms with Gasteiger partial charge >= 0.3 is 26.5 Å². The second-order valence-corrected chi connectivity index (χ2v) is 31.7. The van der Waals surface area contributed by atoms with Crippen LogP contribution in [0.25, 0.3) is 24.3 Å². The predicted molar refractivity (Wildman–Crippen MR) is 317 cm³/mol. The topological polar surface area (TPSA) is 35.5 Å². The van der Waals surface area contributed by atoms with Crippen LogP contribution < -0.4 is 18.9 Å². The van der Waals surface area contributed by atoms with Gasteiger partial charge in [0.05, 0.1) is 13.2 Å². The Bertz CT molecular complexity index is 2950. The molecule has 0 spiro atoms. The largest absolute Gasteiger partial charge is 1.00 e. The first-order chi connectivity index (χ1) is 32.8. The maximum atomic E-state index is 12.6. The molecule has 1 fully saturated rings. The van der Waals surface area contributed by atoms with Gasteiger partial charge in [-0.25, -0.2) is 0 Å². The molecule has 1 saturated heterocycles. The van der Waals surface area contributed by atoms with Gasteiger partial charge in [-0.05, 0) is 173 Å². The number of fused-ring (bicyclic) bond motifs is 8. The standard InChI is InChI=1S/C27H23P3.C13H17O3P.C9H11P.C9H9P.CH4.Al.Li.4H/c1-2-8-19-14-23(13-18(19)7-1)29-27-25-12-6-5-11-22(25)17-26(27)28-30(29)24-15-20-9-3-4-10-21(20)16-24;1-3-15-17(14,16-4-2)13-9-11-7-5-6-8-12(11)10-13;2*10-9-5-7-3-1-2-4-8(7)6-9;;;;;;;/h1-13,15,26-28H,14,16-17H2;5-9H,3-4,10H2,1-2H3;1-4,9H,5-6,10H2;1-5H,6,10H2;1H4;;;;;;/q;;;;;;+1;;;;-1. The monoisotopic (exact) mass is 1040 g/mol. The third-order valence-corrected chi connectivity index (χ3v) is 30.5. The van der Waals surface area contributed by atoms with Gasteiger partial charge < -0.3 is 10.5 Å². The Morgan fingerprint density at radius 1 is 0.571 bits per heavy atom. The Kier molecular flexibility index (Phi) is 20.0. The van der Waals surface area contributed by atoms with Gasteiger partial charge in [-0.3, -0.25) is 4.57 Å². The van der Waals surface area contributed by atoms with E-state index in [4.69, 9.17) is 9.05 Å². The number of allylic oxidation sites excluding steroid dienone is 4. The molecule has 0 amide bonds. The second-order valence-electron chi connectivity index (χ2n) is 18.1. The fraction of sp³-hybridized carbons (Fsp3) is 0.254. The maximum absolute atomic E-state index is 12.6. The van der Waals surface area contributed by atoms with Crippen molar-refractivity contribution < 1.29 is 33.9 Å². The third kappa shape index (κ3) is 12.3. The Labute approximate surface area is 451 Å². The van der Waals surface area contributed by atoms with E-state index in [0.29, 0.717) is 19.6 Å². The normalized spacial score (nSPS) is 20.4. The van der Waals surface area contributed by atoms with Crippen LogP contribution in [0.2, 0.25) is 0 Å². The molecule has 0 aromatic heterocycles. The molecule has 3 nitrogen and oxygen atoms in total. The molecule has 0 N–H and O–H groups in total. The van der Waals surface area contributed by atoms with Crippen molar-refractivity contribution in [2.75, 3.05) is 13.2 Å². The van der Waals surface area contributed by atoms with Crippen LogP contribution in [0.5, 0.6) is 0 Å². The Balaban J connectivity index is 0.000000171. The van der Waals surface area contributed by atoms with Crippen LogP contribution >= 0.6 is 49.3 Å². The zero-order valence-electron chi connectivity index (χ0n) is 40.5. The van der Waals surface area contributed by atoms with E-state index in [1.165, 1.54) is 65.2 Å². The van der Waals surface area contributed by atoms with Crippen molar-refractivity contribution in [1.82, 2.24) is 0 Å². The molecule has 7 unspecified atom stereocenters. The summed E-state index contributed by atoms with van der Waals surface area (Å²) in [7, 11) is 3.53. The summed E-state index contributed by atoms with van der Waals surface area (Å²) in [5, 5.41) is 5.73. The molecule has 70 heavy (non-hydrogen) atoms. The minimum absolute atomic E-state index is 0. The van der Waals surface area contributed by atoms with Gasteiger partial charge in [-0.2, -0.15) is 0 Å². The summed E-state index contributed by atoms with van der Waals surface area (Å²) in [5.41, 5.74) is 20.1. The molecule has 7 atom stereocenters. The number of hydrogen-bond acceptors (Lipinski definition) is 3. The van der Waals surface area contributed by atoms with Crippen molar-refractivity contribution in [2.24, 2.45) is 0 Å². The van der Waals surface area contributed by atoms with Crippen molar-refractivity contribution in [3.8, 4) is 0 Å². The van der Waals surface area contributed by atoms with E-state index in [1.807, 2.05) is 44.2 Å². The van der Waals surface area contributed by atoms with Gasteiger partial charge in [0.25, 0.3) is 0 Å². The third-order valence-electron chi connectivity index (χ3n) is 13.6. The van der Waals surface area contributed by atoms with E-state index < -0.39 is 7.60 Å². The molecule has 6 aromatic carbocycles. The fourth-order valence-electron chi connectivity index (χ4n) is 10.6. The summed E-state index contributed by atoms with van der Waals surface area (Å²) in [5.74, 6) is 0. The summed E-state index contributed by atoms with van der Waals surface area (Å²) in [6.07, 6.45) is 17.3. The van der Waals surface area contributed by atoms with Crippen molar-refractivity contribution in [2.45, 2.75) is 83.2 Å². The molecule has 7 aliphatic rings. The zero-order valence-corrected chi connectivity index (χ0v) is 45.5. The van der Waals surface area contributed by atoms with Crippen LogP contribution in [0.4, 0.5) is 0 Å². The molecule has 0 saturated carbocycles. The molecular weight excluding hydrogens is 976 g/mol. The molecule has 11 heteroatoms. The second kappa shape index (κ2) is 25.3. The first-order valence-electron chi connectivity index (χ1n) is 23.8. The molecule has 1 aliphatic heterocycles. The number of hydrogen-bond donors (Lipinski definition) is 0. The number of rotatable bonds is 7. The van der Waals surface area contributed by atoms with Crippen LogP contribution in [0.3, 0.4) is 0 Å².